The quantitative estimate of drug-likeness (QED) is 0.149. The lowest BCUT2D eigenvalue weighted by Crippen LogP contribution is -1.89. The van der Waals surface area contributed by atoms with E-state index >= 15 is 0 Å². The predicted molar refractivity (Wildman–Crippen MR) is 212 cm³/mol. The van der Waals surface area contributed by atoms with E-state index < -0.39 is 0 Å². The van der Waals surface area contributed by atoms with Gasteiger partial charge in [0.2, 0.25) is 0 Å². The summed E-state index contributed by atoms with van der Waals surface area (Å²) in [5, 5.41) is 21.2. The standard InChI is InChI=1S/2C24H18/c1-15-3-5-17-9-21-14-24-12-20-8-16(2)4-6-18(20)10-22(24)13-23(21)11-19(17)7-15;1-15-21-9-5-6-10-22(21)16(2)24-14-20-12-18-8-4-3-7-17(18)11-19(20)13-23(15)24/h2*3-14H,1-2H3. The van der Waals surface area contributed by atoms with Crippen molar-refractivity contribution in [2.45, 2.75) is 27.7 Å². The van der Waals surface area contributed by atoms with Gasteiger partial charge in [-0.05, 0) is 186 Å². The normalized spacial score (nSPS) is 11.8. The summed E-state index contributed by atoms with van der Waals surface area (Å²) in [4.78, 5) is 0. The lowest BCUT2D eigenvalue weighted by Gasteiger charge is -2.13. The number of hydrogen-bond donors (Lipinski definition) is 0. The smallest absolute Gasteiger partial charge is 0.0139 e. The highest BCUT2D eigenvalue weighted by Gasteiger charge is 2.10. The van der Waals surface area contributed by atoms with Crippen LogP contribution in [0.4, 0.5) is 0 Å². The van der Waals surface area contributed by atoms with Crippen molar-refractivity contribution in [1.82, 2.24) is 0 Å². The Labute approximate surface area is 280 Å². The molecule has 0 nitrogen and oxygen atoms in total. The Morgan fingerprint density at radius 1 is 0.229 bits per heavy atom. The second-order valence-electron chi connectivity index (χ2n) is 13.7. The molecule has 0 atom stereocenters. The van der Waals surface area contributed by atoms with Crippen LogP contribution in [-0.2, 0) is 0 Å². The molecule has 0 bridgehead atoms. The number of benzene rings is 10. The second-order valence-corrected chi connectivity index (χ2v) is 13.7. The number of rotatable bonds is 0. The van der Waals surface area contributed by atoms with Crippen LogP contribution in [0.5, 0.6) is 0 Å². The van der Waals surface area contributed by atoms with Gasteiger partial charge in [0.15, 0.2) is 0 Å². The lowest BCUT2D eigenvalue weighted by atomic mass is 9.90. The average Bonchev–Trinajstić information content (AvgIpc) is 3.10. The van der Waals surface area contributed by atoms with E-state index in [0.717, 1.165) is 0 Å². The second kappa shape index (κ2) is 10.9. The fourth-order valence-electron chi connectivity index (χ4n) is 7.78. The van der Waals surface area contributed by atoms with Crippen LogP contribution in [0.25, 0.3) is 86.2 Å². The minimum absolute atomic E-state index is 1.31. The Morgan fingerprint density at radius 3 is 0.917 bits per heavy atom. The average molecular weight is 613 g/mol. The van der Waals surface area contributed by atoms with E-state index in [4.69, 9.17) is 0 Å². The molecule has 0 amide bonds. The molecular weight excluding hydrogens is 577 g/mol. The Kier molecular flexibility index (Phi) is 6.49. The summed E-state index contributed by atoms with van der Waals surface area (Å²) < 4.78 is 0. The lowest BCUT2D eigenvalue weighted by molar-refractivity contribution is 1.51. The zero-order chi connectivity index (χ0) is 32.5. The van der Waals surface area contributed by atoms with Gasteiger partial charge in [-0.2, -0.15) is 0 Å². The van der Waals surface area contributed by atoms with Crippen LogP contribution in [0.1, 0.15) is 22.3 Å². The minimum Gasteiger partial charge on any atom is -0.0616 e. The molecule has 0 aliphatic carbocycles. The summed E-state index contributed by atoms with van der Waals surface area (Å²) in [5.41, 5.74) is 5.37. The minimum atomic E-state index is 1.31. The highest BCUT2D eigenvalue weighted by Crippen LogP contribution is 2.36. The van der Waals surface area contributed by atoms with Gasteiger partial charge in [0, 0.05) is 0 Å². The van der Waals surface area contributed by atoms with Crippen LogP contribution in [0.2, 0.25) is 0 Å². The zero-order valence-corrected chi connectivity index (χ0v) is 27.9. The highest BCUT2D eigenvalue weighted by atomic mass is 14.1. The van der Waals surface area contributed by atoms with E-state index in [1.54, 1.807) is 0 Å². The molecule has 48 heavy (non-hydrogen) atoms. The first kappa shape index (κ1) is 28.5. The van der Waals surface area contributed by atoms with Crippen molar-refractivity contribution < 1.29 is 0 Å². The van der Waals surface area contributed by atoms with E-state index in [1.165, 1.54) is 108 Å². The van der Waals surface area contributed by atoms with Crippen molar-refractivity contribution in [1.29, 1.82) is 0 Å². The number of hydrogen-bond acceptors (Lipinski definition) is 0. The first-order valence-corrected chi connectivity index (χ1v) is 16.9. The summed E-state index contributed by atoms with van der Waals surface area (Å²) in [6, 6.07) is 54.0. The van der Waals surface area contributed by atoms with Crippen LogP contribution >= 0.6 is 0 Å². The van der Waals surface area contributed by atoms with E-state index in [2.05, 4.69) is 173 Å². The molecule has 0 aliphatic heterocycles. The molecule has 0 heteroatoms. The van der Waals surface area contributed by atoms with Gasteiger partial charge in [-0.15, -0.1) is 0 Å². The van der Waals surface area contributed by atoms with E-state index in [0.29, 0.717) is 0 Å². The summed E-state index contributed by atoms with van der Waals surface area (Å²) in [5.74, 6) is 0. The van der Waals surface area contributed by atoms with Gasteiger partial charge in [0.05, 0.1) is 0 Å². The van der Waals surface area contributed by atoms with Gasteiger partial charge < -0.3 is 0 Å². The molecule has 228 valence electrons. The molecular formula is C48H36. The predicted octanol–water partition coefficient (Wildman–Crippen LogP) is 13.8. The molecule has 10 aromatic carbocycles. The van der Waals surface area contributed by atoms with Crippen LogP contribution in [0.15, 0.2) is 146 Å². The van der Waals surface area contributed by atoms with Crippen molar-refractivity contribution >= 4 is 86.2 Å². The van der Waals surface area contributed by atoms with Gasteiger partial charge in [-0.25, -0.2) is 0 Å². The van der Waals surface area contributed by atoms with Crippen molar-refractivity contribution in [2.24, 2.45) is 0 Å². The topological polar surface area (TPSA) is 0 Å². The molecule has 0 unspecified atom stereocenters. The third kappa shape index (κ3) is 4.76. The van der Waals surface area contributed by atoms with Gasteiger partial charge in [0.1, 0.15) is 0 Å². The molecule has 0 spiro atoms. The van der Waals surface area contributed by atoms with Gasteiger partial charge in [-0.3, -0.25) is 0 Å². The van der Waals surface area contributed by atoms with Crippen molar-refractivity contribution in [2.75, 3.05) is 0 Å². The molecule has 0 saturated heterocycles. The Balaban J connectivity index is 0.000000131. The monoisotopic (exact) mass is 612 g/mol. The van der Waals surface area contributed by atoms with E-state index in [9.17, 15) is 0 Å². The van der Waals surface area contributed by atoms with Crippen LogP contribution in [0, 0.1) is 27.7 Å². The first-order valence-electron chi connectivity index (χ1n) is 16.9. The van der Waals surface area contributed by atoms with Gasteiger partial charge in [0.25, 0.3) is 0 Å². The zero-order valence-electron chi connectivity index (χ0n) is 27.9. The van der Waals surface area contributed by atoms with Crippen molar-refractivity contribution in [3.63, 3.8) is 0 Å². The number of fused-ring (bicyclic) bond motifs is 8. The molecule has 10 rings (SSSR count). The Morgan fingerprint density at radius 2 is 0.521 bits per heavy atom. The van der Waals surface area contributed by atoms with Crippen LogP contribution in [-0.4, -0.2) is 0 Å². The summed E-state index contributed by atoms with van der Waals surface area (Å²) in [7, 11) is 0. The molecule has 0 aliphatic rings. The van der Waals surface area contributed by atoms with Crippen molar-refractivity contribution in [3.05, 3.63) is 168 Å². The summed E-state index contributed by atoms with van der Waals surface area (Å²) >= 11 is 0. The highest BCUT2D eigenvalue weighted by molar-refractivity contribution is 6.12. The molecule has 0 fully saturated rings. The number of aryl methyl sites for hydroxylation is 4. The van der Waals surface area contributed by atoms with Crippen molar-refractivity contribution in [3.8, 4) is 0 Å². The Bertz CT molecular complexity index is 2720. The molecule has 0 saturated carbocycles. The maximum atomic E-state index is 2.37. The third-order valence-electron chi connectivity index (χ3n) is 10.4. The fraction of sp³-hybridized carbons (Fsp3) is 0.0833. The van der Waals surface area contributed by atoms with E-state index in [1.807, 2.05) is 0 Å². The third-order valence-corrected chi connectivity index (χ3v) is 10.4. The molecule has 0 heterocycles. The molecule has 0 radical (unpaired) electrons. The first-order chi connectivity index (χ1) is 23.4. The summed E-state index contributed by atoms with van der Waals surface area (Å²) in [6.45, 7) is 8.80. The largest absolute Gasteiger partial charge is 0.0616 e. The van der Waals surface area contributed by atoms with Crippen LogP contribution in [0.3, 0.4) is 0 Å². The van der Waals surface area contributed by atoms with Gasteiger partial charge >= 0.3 is 0 Å². The SMILES string of the molecule is Cc1c2ccccc2c(C)c2cc3cc4ccccc4cc3cc12.Cc1ccc2cc3cc4cc5cc(C)ccc5cc4cc3cc2c1. The molecule has 0 aromatic heterocycles. The summed E-state index contributed by atoms with van der Waals surface area (Å²) in [6.07, 6.45) is 0. The van der Waals surface area contributed by atoms with E-state index in [-0.39, 0.29) is 0 Å². The maximum absolute atomic E-state index is 2.37. The fourth-order valence-corrected chi connectivity index (χ4v) is 7.78. The molecule has 0 N–H and O–H groups in total. The Hall–Kier alpha value is -5.72. The van der Waals surface area contributed by atoms with Crippen LogP contribution < -0.4 is 0 Å². The van der Waals surface area contributed by atoms with Gasteiger partial charge in [-0.1, -0.05) is 96.1 Å². The molecule has 10 aromatic rings. The maximum Gasteiger partial charge on any atom is -0.0139 e.